The van der Waals surface area contributed by atoms with Gasteiger partial charge >= 0.3 is 5.97 Å². The maximum absolute atomic E-state index is 13.9. The number of methoxy groups -OCH3 is 1. The highest BCUT2D eigenvalue weighted by atomic mass is 32.2. The monoisotopic (exact) mass is 454 g/mol. The van der Waals surface area contributed by atoms with Crippen molar-refractivity contribution < 1.29 is 18.7 Å². The minimum atomic E-state index is -0.422. The minimum Gasteiger partial charge on any atom is -0.492 e. The number of anilines is 1. The highest BCUT2D eigenvalue weighted by Crippen LogP contribution is 2.55. The Hall–Kier alpha value is -2.51. The fraction of sp³-hybridized carbons (Fsp3) is 0.400. The summed E-state index contributed by atoms with van der Waals surface area (Å²) in [6, 6.07) is 8.69. The van der Waals surface area contributed by atoms with Crippen LogP contribution in [-0.4, -0.2) is 44.2 Å². The van der Waals surface area contributed by atoms with Crippen LogP contribution in [0, 0.1) is 11.7 Å². The summed E-state index contributed by atoms with van der Waals surface area (Å²) in [6.45, 7) is 3.75. The average molecular weight is 455 g/mol. The molecule has 0 aromatic heterocycles. The first-order valence-corrected chi connectivity index (χ1v) is 11.9. The summed E-state index contributed by atoms with van der Waals surface area (Å²) in [7, 11) is 1.38. The van der Waals surface area contributed by atoms with Crippen molar-refractivity contribution >= 4 is 29.7 Å². The average Bonchev–Trinajstić information content (AvgIpc) is 3.43. The lowest BCUT2D eigenvalue weighted by Gasteiger charge is -2.21. The quantitative estimate of drug-likeness (QED) is 0.450. The van der Waals surface area contributed by atoms with Crippen LogP contribution in [0.4, 0.5) is 10.1 Å². The molecule has 2 aromatic rings. The van der Waals surface area contributed by atoms with E-state index >= 15 is 0 Å². The predicted octanol–water partition coefficient (Wildman–Crippen LogP) is 5.34. The van der Waals surface area contributed by atoms with Crippen molar-refractivity contribution in [2.45, 2.75) is 30.1 Å². The van der Waals surface area contributed by atoms with E-state index in [1.807, 2.05) is 18.2 Å². The first kappa shape index (κ1) is 21.3. The molecule has 2 atom stereocenters. The Morgan fingerprint density at radius 3 is 2.97 bits per heavy atom. The molecule has 5 rings (SSSR count). The zero-order valence-corrected chi connectivity index (χ0v) is 18.9. The number of nitrogens with zero attached hydrogens (tertiary/aromatic N) is 1. The Bertz CT molecular complexity index is 1050. The molecule has 0 radical (unpaired) electrons. The van der Waals surface area contributed by atoms with E-state index in [0.717, 1.165) is 42.1 Å². The third kappa shape index (κ3) is 4.36. The van der Waals surface area contributed by atoms with E-state index in [2.05, 4.69) is 15.7 Å². The summed E-state index contributed by atoms with van der Waals surface area (Å²) in [5, 5.41) is 0. The molecular weight excluding hydrogens is 427 g/mol. The Kier molecular flexibility index (Phi) is 6.11. The van der Waals surface area contributed by atoms with Gasteiger partial charge in [-0.25, -0.2) is 9.18 Å². The van der Waals surface area contributed by atoms with Gasteiger partial charge in [-0.15, -0.1) is 0 Å². The van der Waals surface area contributed by atoms with Gasteiger partial charge in [-0.05, 0) is 85.6 Å². The zero-order valence-electron chi connectivity index (χ0n) is 18.1. The first-order valence-electron chi connectivity index (χ1n) is 11.1. The normalized spacial score (nSPS) is 21.7. The first-order chi connectivity index (χ1) is 15.6. The molecule has 32 heavy (non-hydrogen) atoms. The van der Waals surface area contributed by atoms with Crippen LogP contribution in [0.3, 0.4) is 0 Å². The number of ether oxygens (including phenoxy) is 2. The Labute approximate surface area is 192 Å². The molecule has 2 heterocycles. The smallest absolute Gasteiger partial charge is 0.343 e. The number of nitrogens with one attached hydrogen (secondary N) is 1. The van der Waals surface area contributed by atoms with E-state index in [1.54, 1.807) is 6.07 Å². The van der Waals surface area contributed by atoms with Crippen molar-refractivity contribution in [3.63, 3.8) is 0 Å². The van der Waals surface area contributed by atoms with Gasteiger partial charge in [-0.3, -0.25) is 4.90 Å². The molecule has 1 saturated carbocycles. The molecule has 0 amide bonds. The third-order valence-electron chi connectivity index (χ3n) is 6.44. The lowest BCUT2D eigenvalue weighted by atomic mass is 10.0. The molecule has 3 aliphatic rings. The Balaban J connectivity index is 1.36. The molecule has 1 N–H and O–H groups in total. The number of carbonyl (C=O) groups is 1. The van der Waals surface area contributed by atoms with Crippen molar-refractivity contribution in [3.8, 4) is 5.75 Å². The van der Waals surface area contributed by atoms with E-state index in [4.69, 9.17) is 9.47 Å². The van der Waals surface area contributed by atoms with Gasteiger partial charge in [-0.2, -0.15) is 0 Å². The van der Waals surface area contributed by atoms with Crippen LogP contribution < -0.4 is 9.46 Å². The molecule has 2 unspecified atom stereocenters. The minimum absolute atomic E-state index is 0.272. The van der Waals surface area contributed by atoms with Gasteiger partial charge in [0.15, 0.2) is 0 Å². The fourth-order valence-corrected chi connectivity index (χ4v) is 5.36. The number of hydrogen-bond acceptors (Lipinski definition) is 6. The van der Waals surface area contributed by atoms with E-state index in [0.29, 0.717) is 35.4 Å². The number of halogens is 1. The van der Waals surface area contributed by atoms with Gasteiger partial charge in [0.25, 0.3) is 0 Å². The van der Waals surface area contributed by atoms with E-state index in [9.17, 15) is 9.18 Å². The molecule has 1 saturated heterocycles. The maximum Gasteiger partial charge on any atom is 0.343 e. The van der Waals surface area contributed by atoms with Crippen molar-refractivity contribution in [2.24, 2.45) is 5.92 Å². The molecular formula is C25H27FN2O3S. The highest BCUT2D eigenvalue weighted by molar-refractivity contribution is 8.00. The Morgan fingerprint density at radius 2 is 2.16 bits per heavy atom. The number of rotatable bonds is 7. The van der Waals surface area contributed by atoms with Gasteiger partial charge in [0.05, 0.1) is 19.4 Å². The number of esters is 1. The lowest BCUT2D eigenvalue weighted by molar-refractivity contribution is 0.0596. The van der Waals surface area contributed by atoms with Crippen molar-refractivity contribution in [2.75, 3.05) is 38.1 Å². The van der Waals surface area contributed by atoms with E-state index in [1.165, 1.54) is 44.0 Å². The van der Waals surface area contributed by atoms with Gasteiger partial charge in [0, 0.05) is 17.4 Å². The highest BCUT2D eigenvalue weighted by Gasteiger charge is 2.45. The standard InChI is InChI=1S/C25H27FN2O3S/c1-30-25(29)23-21(8-7-19-20-14-17(20)15-31-24(19)23)27-32-22-9-6-18(26)13-16(22)5-4-12-28-10-2-3-11-28/h4-9,13,17,20,27H,2-3,10-12,14-15H2,1H3/b5-4-. The summed E-state index contributed by atoms with van der Waals surface area (Å²) >= 11 is 1.35. The van der Waals surface area contributed by atoms with Crippen LogP contribution in [0.25, 0.3) is 6.08 Å². The molecule has 2 aliphatic heterocycles. The number of hydrogen-bond donors (Lipinski definition) is 1. The second-order valence-electron chi connectivity index (χ2n) is 8.61. The zero-order chi connectivity index (χ0) is 22.1. The van der Waals surface area contributed by atoms with Gasteiger partial charge < -0.3 is 14.2 Å². The fourth-order valence-electron chi connectivity index (χ4n) is 4.59. The van der Waals surface area contributed by atoms with Crippen LogP contribution in [0.2, 0.25) is 0 Å². The lowest BCUT2D eigenvalue weighted by Crippen LogP contribution is -2.18. The van der Waals surface area contributed by atoms with Gasteiger partial charge in [0.2, 0.25) is 0 Å². The number of carbonyl (C=O) groups excluding carboxylic acids is 1. The van der Waals surface area contributed by atoms with Gasteiger partial charge in [0.1, 0.15) is 17.1 Å². The van der Waals surface area contributed by atoms with E-state index < -0.39 is 5.97 Å². The summed E-state index contributed by atoms with van der Waals surface area (Å²) in [5.41, 5.74) is 2.95. The molecule has 2 aromatic carbocycles. The van der Waals surface area contributed by atoms with Crippen LogP contribution >= 0.6 is 11.9 Å². The SMILES string of the molecule is COC(=O)c1c(NSc2ccc(F)cc2/C=C\CN2CCCC2)ccc2c1OCC1CC21. The van der Waals surface area contributed by atoms with Crippen LogP contribution in [-0.2, 0) is 4.74 Å². The largest absolute Gasteiger partial charge is 0.492 e. The molecule has 0 spiro atoms. The second kappa shape index (κ2) is 9.16. The summed E-state index contributed by atoms with van der Waals surface area (Å²) < 4.78 is 28.2. The summed E-state index contributed by atoms with van der Waals surface area (Å²) in [5.74, 6) is 0.982. The molecule has 2 fully saturated rings. The van der Waals surface area contributed by atoms with E-state index in [-0.39, 0.29) is 5.82 Å². The van der Waals surface area contributed by atoms with Gasteiger partial charge in [-0.1, -0.05) is 18.2 Å². The molecule has 0 bridgehead atoms. The van der Waals surface area contributed by atoms with Crippen LogP contribution in [0.1, 0.15) is 46.7 Å². The number of fused-ring (bicyclic) bond motifs is 3. The van der Waals surface area contributed by atoms with Crippen molar-refractivity contribution in [1.29, 1.82) is 0 Å². The summed E-state index contributed by atoms with van der Waals surface area (Å²) in [6.07, 6.45) is 7.65. The van der Waals surface area contributed by atoms with Crippen LogP contribution in [0.15, 0.2) is 41.3 Å². The topological polar surface area (TPSA) is 50.8 Å². The molecule has 1 aliphatic carbocycles. The second-order valence-corrected chi connectivity index (χ2v) is 9.46. The molecule has 7 heteroatoms. The van der Waals surface area contributed by atoms with Crippen LogP contribution in [0.5, 0.6) is 5.75 Å². The third-order valence-corrected chi connectivity index (χ3v) is 7.36. The predicted molar refractivity (Wildman–Crippen MR) is 125 cm³/mol. The molecule has 168 valence electrons. The number of likely N-dealkylation sites (tertiary alicyclic amines) is 1. The van der Waals surface area contributed by atoms with Crippen molar-refractivity contribution in [1.82, 2.24) is 4.90 Å². The van der Waals surface area contributed by atoms with Crippen molar-refractivity contribution in [3.05, 3.63) is 58.9 Å². The Morgan fingerprint density at radius 1 is 1.31 bits per heavy atom. The molecule has 5 nitrogen and oxygen atoms in total. The maximum atomic E-state index is 13.9. The summed E-state index contributed by atoms with van der Waals surface area (Å²) in [4.78, 5) is 15.9. The number of benzene rings is 2.